The van der Waals surface area contributed by atoms with E-state index in [0.717, 1.165) is 28.7 Å². The molecule has 0 saturated carbocycles. The lowest BCUT2D eigenvalue weighted by Crippen LogP contribution is -2.18. The summed E-state index contributed by atoms with van der Waals surface area (Å²) < 4.78 is 0. The molecule has 0 aliphatic carbocycles. The van der Waals surface area contributed by atoms with E-state index < -0.39 is 5.91 Å². The third-order valence-corrected chi connectivity index (χ3v) is 4.76. The van der Waals surface area contributed by atoms with E-state index in [1.807, 2.05) is 42.5 Å². The molecular formula is C23H21N7O. The fraction of sp³-hybridized carbons (Fsp3) is 0.0870. The Morgan fingerprint density at radius 3 is 2.39 bits per heavy atom. The molecule has 0 aliphatic rings. The first-order valence-corrected chi connectivity index (χ1v) is 9.73. The van der Waals surface area contributed by atoms with Crippen LogP contribution in [0.1, 0.15) is 16.1 Å². The number of rotatable bonds is 6. The van der Waals surface area contributed by atoms with Crippen LogP contribution in [0.15, 0.2) is 73.4 Å². The highest BCUT2D eigenvalue weighted by atomic mass is 16.1. The molecule has 4 rings (SSSR count). The van der Waals surface area contributed by atoms with Crippen molar-refractivity contribution in [2.45, 2.75) is 6.42 Å². The number of pyridine rings is 2. The van der Waals surface area contributed by atoms with Gasteiger partial charge < -0.3 is 16.8 Å². The predicted octanol–water partition coefficient (Wildman–Crippen LogP) is 2.94. The largest absolute Gasteiger partial charge is 0.382 e. The number of carbonyl (C=O) groups excluding carboxylic acids is 1. The summed E-state index contributed by atoms with van der Waals surface area (Å²) in [4.78, 5) is 29.8. The summed E-state index contributed by atoms with van der Waals surface area (Å²) in [7, 11) is 0. The maximum atomic E-state index is 13.0. The monoisotopic (exact) mass is 411 g/mol. The maximum absolute atomic E-state index is 13.0. The molecule has 31 heavy (non-hydrogen) atoms. The Morgan fingerprint density at radius 2 is 1.65 bits per heavy atom. The SMILES string of the molecule is NCCc1ccc(-c2cnc(N)c(C(=O)Nc3cnccc3-c3ccncc3)n2)cc1. The zero-order valence-corrected chi connectivity index (χ0v) is 16.7. The Balaban J connectivity index is 1.62. The summed E-state index contributed by atoms with van der Waals surface area (Å²) in [6, 6.07) is 13.3. The van der Waals surface area contributed by atoms with Crippen LogP contribution >= 0.6 is 0 Å². The number of aromatic nitrogens is 4. The van der Waals surface area contributed by atoms with Crippen molar-refractivity contribution in [3.63, 3.8) is 0 Å². The third-order valence-electron chi connectivity index (χ3n) is 4.76. The van der Waals surface area contributed by atoms with E-state index in [1.54, 1.807) is 31.0 Å². The van der Waals surface area contributed by atoms with Crippen LogP contribution in [0.3, 0.4) is 0 Å². The van der Waals surface area contributed by atoms with E-state index in [0.29, 0.717) is 17.9 Å². The summed E-state index contributed by atoms with van der Waals surface area (Å²) in [5.74, 6) is -0.412. The molecule has 8 nitrogen and oxygen atoms in total. The molecule has 0 fully saturated rings. The van der Waals surface area contributed by atoms with Gasteiger partial charge in [0.25, 0.3) is 5.91 Å². The Bertz CT molecular complexity index is 1190. The summed E-state index contributed by atoms with van der Waals surface area (Å²) in [5.41, 5.74) is 16.4. The molecule has 0 bridgehead atoms. The van der Waals surface area contributed by atoms with Gasteiger partial charge in [0.15, 0.2) is 11.5 Å². The number of hydrogen-bond donors (Lipinski definition) is 3. The Labute approximate surface area is 179 Å². The van der Waals surface area contributed by atoms with Gasteiger partial charge in [-0.2, -0.15) is 0 Å². The van der Waals surface area contributed by atoms with Gasteiger partial charge in [-0.25, -0.2) is 9.97 Å². The highest BCUT2D eigenvalue weighted by Gasteiger charge is 2.17. The van der Waals surface area contributed by atoms with Gasteiger partial charge in [-0.3, -0.25) is 14.8 Å². The van der Waals surface area contributed by atoms with Crippen LogP contribution in [0, 0.1) is 0 Å². The van der Waals surface area contributed by atoms with Crippen LogP contribution in [0.5, 0.6) is 0 Å². The van der Waals surface area contributed by atoms with Gasteiger partial charge in [-0.15, -0.1) is 0 Å². The van der Waals surface area contributed by atoms with Crippen molar-refractivity contribution in [2.75, 3.05) is 17.6 Å². The van der Waals surface area contributed by atoms with Crippen molar-refractivity contribution >= 4 is 17.4 Å². The quantitative estimate of drug-likeness (QED) is 0.444. The van der Waals surface area contributed by atoms with E-state index in [2.05, 4.69) is 25.3 Å². The molecule has 0 spiro atoms. The number of amides is 1. The standard InChI is InChI=1S/C23H21N7O/c24-9-5-15-1-3-17(4-2-15)19-14-28-22(25)21(29-19)23(31)30-20-13-27-12-8-18(20)16-6-10-26-11-7-16/h1-4,6-8,10-14H,5,9,24H2,(H2,25,28)(H,30,31). The van der Waals surface area contributed by atoms with Crippen molar-refractivity contribution < 1.29 is 4.79 Å². The van der Waals surface area contributed by atoms with Crippen molar-refractivity contribution in [3.8, 4) is 22.4 Å². The van der Waals surface area contributed by atoms with E-state index in [9.17, 15) is 4.79 Å². The zero-order valence-electron chi connectivity index (χ0n) is 16.7. The number of nitrogens with one attached hydrogen (secondary N) is 1. The average Bonchev–Trinajstić information content (AvgIpc) is 2.81. The van der Waals surface area contributed by atoms with Crippen LogP contribution < -0.4 is 16.8 Å². The van der Waals surface area contributed by atoms with Gasteiger partial charge in [0.1, 0.15) is 0 Å². The lowest BCUT2D eigenvalue weighted by Gasteiger charge is -2.12. The number of benzene rings is 1. The topological polar surface area (TPSA) is 133 Å². The van der Waals surface area contributed by atoms with E-state index in [-0.39, 0.29) is 11.5 Å². The summed E-state index contributed by atoms with van der Waals surface area (Å²) in [6.07, 6.45) is 8.97. The Kier molecular flexibility index (Phi) is 5.91. The number of anilines is 2. The van der Waals surface area contributed by atoms with Crippen LogP contribution in [0.4, 0.5) is 11.5 Å². The van der Waals surface area contributed by atoms with Crippen LogP contribution in [0.25, 0.3) is 22.4 Å². The summed E-state index contributed by atoms with van der Waals surface area (Å²) in [6.45, 7) is 0.584. The Hall–Kier alpha value is -4.17. The lowest BCUT2D eigenvalue weighted by molar-refractivity contribution is 0.102. The molecule has 8 heteroatoms. The fourth-order valence-corrected chi connectivity index (χ4v) is 3.17. The lowest BCUT2D eigenvalue weighted by atomic mass is 10.1. The van der Waals surface area contributed by atoms with E-state index in [1.165, 1.54) is 0 Å². The molecule has 1 amide bonds. The molecule has 5 N–H and O–H groups in total. The Morgan fingerprint density at radius 1 is 0.903 bits per heavy atom. The van der Waals surface area contributed by atoms with Crippen LogP contribution in [0.2, 0.25) is 0 Å². The van der Waals surface area contributed by atoms with Gasteiger partial charge >= 0.3 is 0 Å². The van der Waals surface area contributed by atoms with E-state index in [4.69, 9.17) is 11.5 Å². The third kappa shape index (κ3) is 4.54. The normalized spacial score (nSPS) is 10.6. The smallest absolute Gasteiger partial charge is 0.278 e. The van der Waals surface area contributed by atoms with Crippen molar-refractivity contribution in [1.29, 1.82) is 0 Å². The molecular weight excluding hydrogens is 390 g/mol. The second-order valence-electron chi connectivity index (χ2n) is 6.84. The molecule has 154 valence electrons. The number of nitrogens with zero attached hydrogens (tertiary/aromatic N) is 4. The van der Waals surface area contributed by atoms with Gasteiger partial charge in [0.2, 0.25) is 0 Å². The van der Waals surface area contributed by atoms with E-state index >= 15 is 0 Å². The van der Waals surface area contributed by atoms with Gasteiger partial charge in [0.05, 0.1) is 23.8 Å². The number of nitrogen functional groups attached to an aromatic ring is 1. The fourth-order valence-electron chi connectivity index (χ4n) is 3.17. The minimum Gasteiger partial charge on any atom is -0.382 e. The molecule has 4 aromatic rings. The highest BCUT2D eigenvalue weighted by Crippen LogP contribution is 2.27. The number of hydrogen-bond acceptors (Lipinski definition) is 7. The summed E-state index contributed by atoms with van der Waals surface area (Å²) >= 11 is 0. The highest BCUT2D eigenvalue weighted by molar-refractivity contribution is 6.07. The molecule has 0 aliphatic heterocycles. The van der Waals surface area contributed by atoms with Gasteiger partial charge in [0, 0.05) is 29.7 Å². The minimum atomic E-state index is -0.463. The van der Waals surface area contributed by atoms with Crippen LogP contribution in [-0.2, 0) is 6.42 Å². The first kappa shape index (κ1) is 20.1. The van der Waals surface area contributed by atoms with Gasteiger partial charge in [-0.1, -0.05) is 24.3 Å². The first-order valence-electron chi connectivity index (χ1n) is 9.73. The maximum Gasteiger partial charge on any atom is 0.278 e. The second kappa shape index (κ2) is 9.10. The number of nitrogens with two attached hydrogens (primary N) is 2. The zero-order chi connectivity index (χ0) is 21.6. The van der Waals surface area contributed by atoms with Crippen molar-refractivity contribution in [3.05, 3.63) is 84.7 Å². The van der Waals surface area contributed by atoms with Crippen molar-refractivity contribution in [2.24, 2.45) is 5.73 Å². The molecule has 1 aromatic carbocycles. The molecule has 0 unspecified atom stereocenters. The number of carbonyl (C=O) groups is 1. The molecule has 0 radical (unpaired) electrons. The van der Waals surface area contributed by atoms with Gasteiger partial charge in [-0.05, 0) is 42.3 Å². The molecule has 0 saturated heterocycles. The second-order valence-corrected chi connectivity index (χ2v) is 6.84. The first-order chi connectivity index (χ1) is 15.2. The van der Waals surface area contributed by atoms with Crippen LogP contribution in [-0.4, -0.2) is 32.4 Å². The van der Waals surface area contributed by atoms with Crippen molar-refractivity contribution in [1.82, 2.24) is 19.9 Å². The molecule has 0 atom stereocenters. The predicted molar refractivity (Wildman–Crippen MR) is 120 cm³/mol. The molecule has 3 heterocycles. The minimum absolute atomic E-state index is 0.0491. The summed E-state index contributed by atoms with van der Waals surface area (Å²) in [5, 5.41) is 2.85. The average molecular weight is 411 g/mol. The molecule has 3 aromatic heterocycles.